The van der Waals surface area contributed by atoms with Crippen LogP contribution < -0.4 is 0 Å². The second-order valence-corrected chi connectivity index (χ2v) is 17.1. The van der Waals surface area contributed by atoms with Crippen molar-refractivity contribution in [3.05, 3.63) is 0 Å². The normalized spacial score (nSPS) is 59.9. The quantitative estimate of drug-likeness (QED) is 0.386. The summed E-state index contributed by atoms with van der Waals surface area (Å²) in [5, 5.41) is 0. The maximum absolute atomic E-state index is 2.81. The van der Waals surface area contributed by atoms with Gasteiger partial charge in [0.25, 0.3) is 0 Å². The highest BCUT2D eigenvalue weighted by molar-refractivity contribution is 5.25. The molecular weight excluding hydrogens is 408 g/mol. The van der Waals surface area contributed by atoms with Gasteiger partial charge >= 0.3 is 0 Å². The van der Waals surface area contributed by atoms with E-state index in [-0.39, 0.29) is 0 Å². The standard InChI is InChI=1S/C34H58/c1-12-20-25(22-14-17-32(20,9)29(22,3)4)27-24-16-19-34(11,31(24,7)8)28(27)26-21(13-2)33(10)18-15-23(26)30(33,5)6/h20-28H,12-19H2,1-11H3. The summed E-state index contributed by atoms with van der Waals surface area (Å²) in [7, 11) is 0. The van der Waals surface area contributed by atoms with Crippen LogP contribution in [0.1, 0.15) is 128 Å². The Labute approximate surface area is 213 Å². The Morgan fingerprint density at radius 1 is 0.471 bits per heavy atom. The van der Waals surface area contributed by atoms with Gasteiger partial charge in [0.15, 0.2) is 0 Å². The minimum absolute atomic E-state index is 0.513. The van der Waals surface area contributed by atoms with E-state index in [0.29, 0.717) is 32.5 Å². The first-order valence-corrected chi connectivity index (χ1v) is 15.7. The van der Waals surface area contributed by atoms with Crippen molar-refractivity contribution in [1.29, 1.82) is 0 Å². The van der Waals surface area contributed by atoms with Crippen molar-refractivity contribution in [3.63, 3.8) is 0 Å². The minimum Gasteiger partial charge on any atom is -0.0651 e. The maximum Gasteiger partial charge on any atom is -0.0238 e. The van der Waals surface area contributed by atoms with Gasteiger partial charge in [-0.05, 0) is 124 Å². The monoisotopic (exact) mass is 466 g/mol. The minimum atomic E-state index is 0.513. The lowest BCUT2D eigenvalue weighted by Gasteiger charge is -2.53. The number of rotatable bonds is 4. The third kappa shape index (κ3) is 2.25. The third-order valence-corrected chi connectivity index (χ3v) is 17.0. The largest absolute Gasteiger partial charge is 0.0651 e. The summed E-state index contributed by atoms with van der Waals surface area (Å²) >= 11 is 0. The van der Waals surface area contributed by atoms with E-state index in [2.05, 4.69) is 76.2 Å². The first-order chi connectivity index (χ1) is 15.7. The van der Waals surface area contributed by atoms with Crippen LogP contribution >= 0.6 is 0 Å². The lowest BCUT2D eigenvalue weighted by atomic mass is 9.52. The molecule has 0 radical (unpaired) electrons. The summed E-state index contributed by atoms with van der Waals surface area (Å²) in [5.41, 5.74) is 3.24. The molecule has 0 aromatic heterocycles. The molecule has 0 amide bonds. The average Bonchev–Trinajstić information content (AvgIpc) is 3.38. The highest BCUT2D eigenvalue weighted by Gasteiger charge is 2.77. The van der Waals surface area contributed by atoms with Crippen LogP contribution in [-0.4, -0.2) is 0 Å². The molecule has 6 bridgehead atoms. The molecule has 34 heavy (non-hydrogen) atoms. The molecular formula is C34H58. The van der Waals surface area contributed by atoms with E-state index in [9.17, 15) is 0 Å². The molecule has 0 aliphatic heterocycles. The van der Waals surface area contributed by atoms with Crippen LogP contribution in [0.15, 0.2) is 0 Å². The molecule has 0 N–H and O–H groups in total. The van der Waals surface area contributed by atoms with Crippen molar-refractivity contribution in [3.8, 4) is 0 Å². The van der Waals surface area contributed by atoms with E-state index in [1.165, 1.54) is 51.4 Å². The van der Waals surface area contributed by atoms with Gasteiger partial charge in [-0.1, -0.05) is 89.0 Å². The van der Waals surface area contributed by atoms with Crippen LogP contribution in [0.4, 0.5) is 0 Å². The van der Waals surface area contributed by atoms with Gasteiger partial charge in [0.05, 0.1) is 0 Å². The van der Waals surface area contributed by atoms with Gasteiger partial charge in [-0.15, -0.1) is 0 Å². The Hall–Kier alpha value is 0. The first kappa shape index (κ1) is 24.3. The smallest absolute Gasteiger partial charge is 0.0238 e. The molecule has 6 aliphatic carbocycles. The van der Waals surface area contributed by atoms with Crippen LogP contribution in [0.3, 0.4) is 0 Å². The molecule has 0 heterocycles. The molecule has 0 saturated heterocycles. The fourth-order valence-electron chi connectivity index (χ4n) is 14.4. The highest BCUT2D eigenvalue weighted by Crippen LogP contribution is 2.83. The summed E-state index contributed by atoms with van der Waals surface area (Å²) in [6.07, 6.45) is 11.9. The van der Waals surface area contributed by atoms with Gasteiger partial charge in [0.2, 0.25) is 0 Å². The molecule has 0 aromatic rings. The van der Waals surface area contributed by atoms with Crippen LogP contribution in [-0.2, 0) is 0 Å². The van der Waals surface area contributed by atoms with E-state index in [1.807, 2.05) is 0 Å². The summed E-state index contributed by atoms with van der Waals surface area (Å²) in [6.45, 7) is 29.6. The molecule has 12 atom stereocenters. The fourth-order valence-corrected chi connectivity index (χ4v) is 14.4. The van der Waals surface area contributed by atoms with Crippen molar-refractivity contribution in [2.75, 3.05) is 0 Å². The van der Waals surface area contributed by atoms with E-state index in [1.54, 1.807) is 0 Å². The molecule has 6 saturated carbocycles. The third-order valence-electron chi connectivity index (χ3n) is 17.0. The van der Waals surface area contributed by atoms with Gasteiger partial charge in [-0.2, -0.15) is 0 Å². The van der Waals surface area contributed by atoms with Gasteiger partial charge in [-0.3, -0.25) is 0 Å². The molecule has 0 spiro atoms. The predicted octanol–water partition coefficient (Wildman–Crippen LogP) is 9.87. The van der Waals surface area contributed by atoms with Crippen molar-refractivity contribution < 1.29 is 0 Å². The number of fused-ring (bicyclic) bond motifs is 6. The van der Waals surface area contributed by atoms with Gasteiger partial charge in [-0.25, -0.2) is 0 Å². The lowest BCUT2D eigenvalue weighted by Crippen LogP contribution is -2.47. The Balaban J connectivity index is 1.51. The van der Waals surface area contributed by atoms with Crippen LogP contribution in [0.2, 0.25) is 0 Å². The van der Waals surface area contributed by atoms with Crippen LogP contribution in [0, 0.1) is 85.8 Å². The molecule has 6 rings (SSSR count). The summed E-state index contributed by atoms with van der Waals surface area (Å²) in [6, 6.07) is 0. The Bertz CT molecular complexity index is 861. The van der Waals surface area contributed by atoms with Crippen LogP contribution in [0.25, 0.3) is 0 Å². The SMILES string of the molecule is CCC1C(C2C3CCC(C)(C2C2C4CCC(C)(C2CC)C4(C)C)C3(C)C)C2CCC1(C)C2(C)C. The zero-order valence-electron chi connectivity index (χ0n) is 24.9. The van der Waals surface area contributed by atoms with Crippen molar-refractivity contribution in [2.24, 2.45) is 85.8 Å². The van der Waals surface area contributed by atoms with E-state index >= 15 is 0 Å². The molecule has 12 unspecified atom stereocenters. The zero-order chi connectivity index (χ0) is 24.9. The predicted molar refractivity (Wildman–Crippen MR) is 145 cm³/mol. The van der Waals surface area contributed by atoms with Gasteiger partial charge < -0.3 is 0 Å². The molecule has 6 fully saturated rings. The Kier molecular flexibility index (Phi) is 4.80. The number of hydrogen-bond donors (Lipinski definition) is 0. The Morgan fingerprint density at radius 3 is 1.29 bits per heavy atom. The fraction of sp³-hybridized carbons (Fsp3) is 1.00. The topological polar surface area (TPSA) is 0 Å². The average molecular weight is 467 g/mol. The van der Waals surface area contributed by atoms with Crippen molar-refractivity contribution in [2.45, 2.75) is 128 Å². The second kappa shape index (κ2) is 6.70. The first-order valence-electron chi connectivity index (χ1n) is 15.7. The van der Waals surface area contributed by atoms with Crippen molar-refractivity contribution in [1.82, 2.24) is 0 Å². The van der Waals surface area contributed by atoms with E-state index < -0.39 is 0 Å². The zero-order valence-corrected chi connectivity index (χ0v) is 24.9. The summed E-state index contributed by atoms with van der Waals surface area (Å²) in [5.74, 6) is 8.72. The Morgan fingerprint density at radius 2 is 0.824 bits per heavy atom. The van der Waals surface area contributed by atoms with E-state index in [0.717, 1.165) is 53.3 Å². The summed E-state index contributed by atoms with van der Waals surface area (Å²) < 4.78 is 0. The molecule has 0 aromatic carbocycles. The lowest BCUT2D eigenvalue weighted by molar-refractivity contribution is -0.0490. The van der Waals surface area contributed by atoms with Gasteiger partial charge in [0.1, 0.15) is 0 Å². The van der Waals surface area contributed by atoms with Gasteiger partial charge in [0, 0.05) is 0 Å². The number of hydrogen-bond acceptors (Lipinski definition) is 0. The van der Waals surface area contributed by atoms with Crippen molar-refractivity contribution >= 4 is 0 Å². The van der Waals surface area contributed by atoms with E-state index in [4.69, 9.17) is 0 Å². The highest BCUT2D eigenvalue weighted by atomic mass is 14.8. The molecule has 6 aliphatic rings. The summed E-state index contributed by atoms with van der Waals surface area (Å²) in [4.78, 5) is 0. The molecule has 194 valence electrons. The maximum atomic E-state index is 2.81. The molecule has 0 heteroatoms. The van der Waals surface area contributed by atoms with Crippen LogP contribution in [0.5, 0.6) is 0 Å². The second-order valence-electron chi connectivity index (χ2n) is 17.1. The molecule has 0 nitrogen and oxygen atoms in total.